The molecule has 0 saturated carbocycles. The number of benzene rings is 2. The third kappa shape index (κ3) is 6.88. The molecule has 2 unspecified atom stereocenters. The van der Waals surface area contributed by atoms with Crippen LogP contribution in [0.1, 0.15) is 54.2 Å². The summed E-state index contributed by atoms with van der Waals surface area (Å²) in [6.07, 6.45) is 3.57. The molecule has 0 aliphatic rings. The molecule has 0 saturated heterocycles. The predicted octanol–water partition coefficient (Wildman–Crippen LogP) is 4.08. The molecule has 1 amide bonds. The Hall–Kier alpha value is -3.41. The van der Waals surface area contributed by atoms with Crippen molar-refractivity contribution in [2.75, 3.05) is 7.11 Å². The Balaban J connectivity index is 1.91. The summed E-state index contributed by atoms with van der Waals surface area (Å²) in [5, 5.41) is 2.95. The molecule has 0 spiro atoms. The van der Waals surface area contributed by atoms with Gasteiger partial charge in [-0.05, 0) is 42.7 Å². The number of methoxy groups -OCH3 is 1. The van der Waals surface area contributed by atoms with Crippen LogP contribution in [0.2, 0.25) is 0 Å². The molecule has 6 nitrogen and oxygen atoms in total. The molecular formula is C24H27NO5. The molecule has 0 aromatic heterocycles. The van der Waals surface area contributed by atoms with Crippen molar-refractivity contribution in [3.8, 4) is 0 Å². The molecule has 158 valence electrons. The molecule has 0 aliphatic carbocycles. The topological polar surface area (TPSA) is 81.7 Å². The van der Waals surface area contributed by atoms with Crippen LogP contribution < -0.4 is 5.32 Å². The van der Waals surface area contributed by atoms with Crippen molar-refractivity contribution >= 4 is 23.9 Å². The fraction of sp³-hybridized carbons (Fsp3) is 0.292. The number of hydrogen-bond acceptors (Lipinski definition) is 5. The Bertz CT molecular complexity index is 874. The number of nitrogens with one attached hydrogen (secondary N) is 1. The fourth-order valence-electron chi connectivity index (χ4n) is 2.86. The SMILES string of the molecule is CCCC(NC(=O)C(C)OC(=O)/C=C/c1ccc(C(=O)OC)cc1)c1ccccc1. The maximum Gasteiger partial charge on any atom is 0.337 e. The van der Waals surface area contributed by atoms with Gasteiger partial charge in [0.05, 0.1) is 18.7 Å². The van der Waals surface area contributed by atoms with E-state index in [1.807, 2.05) is 37.3 Å². The van der Waals surface area contributed by atoms with E-state index >= 15 is 0 Å². The van der Waals surface area contributed by atoms with Gasteiger partial charge in [0.25, 0.3) is 5.91 Å². The highest BCUT2D eigenvalue weighted by Crippen LogP contribution is 2.18. The normalized spacial score (nSPS) is 12.8. The van der Waals surface area contributed by atoms with E-state index in [4.69, 9.17) is 4.74 Å². The second-order valence-corrected chi connectivity index (χ2v) is 6.79. The molecule has 0 radical (unpaired) electrons. The molecular weight excluding hydrogens is 382 g/mol. The second kappa shape index (κ2) is 11.6. The van der Waals surface area contributed by atoms with Crippen LogP contribution in [0.5, 0.6) is 0 Å². The Kier molecular flexibility index (Phi) is 8.81. The second-order valence-electron chi connectivity index (χ2n) is 6.79. The van der Waals surface area contributed by atoms with E-state index in [9.17, 15) is 14.4 Å². The number of rotatable bonds is 9. The van der Waals surface area contributed by atoms with Crippen LogP contribution in [0.15, 0.2) is 60.7 Å². The molecule has 0 heterocycles. The van der Waals surface area contributed by atoms with E-state index in [1.165, 1.54) is 13.2 Å². The average Bonchev–Trinajstić information content (AvgIpc) is 2.77. The predicted molar refractivity (Wildman–Crippen MR) is 115 cm³/mol. The summed E-state index contributed by atoms with van der Waals surface area (Å²) in [4.78, 5) is 36.0. The lowest BCUT2D eigenvalue weighted by molar-refractivity contribution is -0.150. The standard InChI is InChI=1S/C24H27NO5/c1-4-8-21(19-9-6-5-7-10-19)25-23(27)17(2)30-22(26)16-13-18-11-14-20(15-12-18)24(28)29-3/h5-7,9-17,21H,4,8H2,1-3H3,(H,25,27)/b16-13+. The van der Waals surface area contributed by atoms with Gasteiger partial charge in [-0.25, -0.2) is 9.59 Å². The molecule has 0 bridgehead atoms. The van der Waals surface area contributed by atoms with Crippen molar-refractivity contribution < 1.29 is 23.9 Å². The number of amides is 1. The van der Waals surface area contributed by atoms with Gasteiger partial charge < -0.3 is 14.8 Å². The maximum absolute atomic E-state index is 12.5. The smallest absolute Gasteiger partial charge is 0.337 e. The van der Waals surface area contributed by atoms with E-state index in [1.54, 1.807) is 37.3 Å². The van der Waals surface area contributed by atoms with Crippen molar-refractivity contribution in [2.45, 2.75) is 38.8 Å². The van der Waals surface area contributed by atoms with Crippen LogP contribution in [0, 0.1) is 0 Å². The summed E-state index contributed by atoms with van der Waals surface area (Å²) >= 11 is 0. The first kappa shape index (κ1) is 22.9. The summed E-state index contributed by atoms with van der Waals surface area (Å²) in [5.74, 6) is -1.40. The van der Waals surface area contributed by atoms with Crippen LogP contribution in [0.3, 0.4) is 0 Å². The number of carbonyl (C=O) groups is 3. The third-order valence-electron chi connectivity index (χ3n) is 4.50. The Labute approximate surface area is 176 Å². The van der Waals surface area contributed by atoms with Crippen LogP contribution in [0.25, 0.3) is 6.08 Å². The lowest BCUT2D eigenvalue weighted by atomic mass is 10.0. The van der Waals surface area contributed by atoms with Crippen LogP contribution in [-0.4, -0.2) is 31.1 Å². The minimum atomic E-state index is -0.924. The first-order valence-corrected chi connectivity index (χ1v) is 9.87. The van der Waals surface area contributed by atoms with Gasteiger partial charge in [0.1, 0.15) is 0 Å². The molecule has 6 heteroatoms. The average molecular weight is 409 g/mol. The van der Waals surface area contributed by atoms with E-state index in [-0.39, 0.29) is 11.9 Å². The minimum absolute atomic E-state index is 0.131. The van der Waals surface area contributed by atoms with Crippen molar-refractivity contribution in [1.29, 1.82) is 0 Å². The molecule has 2 aromatic carbocycles. The Morgan fingerprint density at radius 2 is 1.70 bits per heavy atom. The van der Waals surface area contributed by atoms with Gasteiger partial charge in [0.2, 0.25) is 0 Å². The highest BCUT2D eigenvalue weighted by atomic mass is 16.5. The maximum atomic E-state index is 12.5. The summed E-state index contributed by atoms with van der Waals surface area (Å²) < 4.78 is 9.86. The van der Waals surface area contributed by atoms with Gasteiger partial charge in [-0.3, -0.25) is 4.79 Å². The van der Waals surface area contributed by atoms with E-state index < -0.39 is 18.0 Å². The summed E-state index contributed by atoms with van der Waals surface area (Å²) in [5.41, 5.74) is 2.15. The zero-order chi connectivity index (χ0) is 21.9. The lowest BCUT2D eigenvalue weighted by Crippen LogP contribution is -2.38. The zero-order valence-electron chi connectivity index (χ0n) is 17.5. The number of carbonyl (C=O) groups excluding carboxylic acids is 3. The van der Waals surface area contributed by atoms with E-state index in [2.05, 4.69) is 10.1 Å². The van der Waals surface area contributed by atoms with Crippen molar-refractivity contribution in [3.05, 3.63) is 77.4 Å². The zero-order valence-corrected chi connectivity index (χ0v) is 17.5. The van der Waals surface area contributed by atoms with Gasteiger partial charge in [-0.1, -0.05) is 55.8 Å². The van der Waals surface area contributed by atoms with Gasteiger partial charge in [-0.15, -0.1) is 0 Å². The van der Waals surface area contributed by atoms with Crippen molar-refractivity contribution in [1.82, 2.24) is 5.32 Å². The molecule has 2 rings (SSSR count). The molecule has 1 N–H and O–H groups in total. The van der Waals surface area contributed by atoms with Gasteiger partial charge >= 0.3 is 11.9 Å². The quantitative estimate of drug-likeness (QED) is 0.499. The Morgan fingerprint density at radius 1 is 1.03 bits per heavy atom. The molecule has 0 aliphatic heterocycles. The van der Waals surface area contributed by atoms with Crippen LogP contribution >= 0.6 is 0 Å². The Morgan fingerprint density at radius 3 is 2.30 bits per heavy atom. The van der Waals surface area contributed by atoms with Crippen LogP contribution in [0.4, 0.5) is 0 Å². The summed E-state index contributed by atoms with van der Waals surface area (Å²) in [6, 6.07) is 16.1. The highest BCUT2D eigenvalue weighted by Gasteiger charge is 2.20. The fourth-order valence-corrected chi connectivity index (χ4v) is 2.86. The van der Waals surface area contributed by atoms with Gasteiger partial charge in [0.15, 0.2) is 6.10 Å². The number of esters is 2. The highest BCUT2D eigenvalue weighted by molar-refractivity contribution is 5.91. The summed E-state index contributed by atoms with van der Waals surface area (Å²) in [7, 11) is 1.31. The summed E-state index contributed by atoms with van der Waals surface area (Å²) in [6.45, 7) is 3.59. The van der Waals surface area contributed by atoms with Crippen molar-refractivity contribution in [2.24, 2.45) is 0 Å². The number of ether oxygens (including phenoxy) is 2. The first-order chi connectivity index (χ1) is 14.4. The molecule has 2 atom stereocenters. The molecule has 30 heavy (non-hydrogen) atoms. The first-order valence-electron chi connectivity index (χ1n) is 9.87. The van der Waals surface area contributed by atoms with Crippen LogP contribution in [-0.2, 0) is 19.1 Å². The minimum Gasteiger partial charge on any atom is -0.465 e. The van der Waals surface area contributed by atoms with Gasteiger partial charge in [-0.2, -0.15) is 0 Å². The third-order valence-corrected chi connectivity index (χ3v) is 4.50. The van der Waals surface area contributed by atoms with Crippen molar-refractivity contribution in [3.63, 3.8) is 0 Å². The van der Waals surface area contributed by atoms with E-state index in [0.29, 0.717) is 11.1 Å². The molecule has 0 fully saturated rings. The van der Waals surface area contributed by atoms with Gasteiger partial charge in [0, 0.05) is 6.08 Å². The largest absolute Gasteiger partial charge is 0.465 e. The molecule has 2 aromatic rings. The van der Waals surface area contributed by atoms with E-state index in [0.717, 1.165) is 18.4 Å². The number of hydrogen-bond donors (Lipinski definition) is 1. The monoisotopic (exact) mass is 409 g/mol. The lowest BCUT2D eigenvalue weighted by Gasteiger charge is -2.21.